The van der Waals surface area contributed by atoms with E-state index in [0.717, 1.165) is 43.2 Å². The molecule has 0 saturated heterocycles. The number of amides is 2. The Hall–Kier alpha value is -3.28. The molecule has 12 heteroatoms. The maximum atomic E-state index is 13.5. The number of rotatable bonds is 1. The zero-order chi connectivity index (χ0) is 30.9. The van der Waals surface area contributed by atoms with Gasteiger partial charge in [0.15, 0.2) is 0 Å². The van der Waals surface area contributed by atoms with E-state index in [4.69, 9.17) is 25.8 Å². The lowest BCUT2D eigenvalue weighted by molar-refractivity contribution is -0.132. The predicted octanol–water partition coefficient (Wildman–Crippen LogP) is 4.74. The van der Waals surface area contributed by atoms with E-state index < -0.39 is 33.7 Å². The lowest BCUT2D eigenvalue weighted by Gasteiger charge is -2.43. The number of sulfonamides is 1. The van der Waals surface area contributed by atoms with Crippen molar-refractivity contribution in [3.05, 3.63) is 64.7 Å². The first-order valence-electron chi connectivity index (χ1n) is 15.2. The number of fused-ring (bicyclic) bond motifs is 3. The second kappa shape index (κ2) is 12.6. The van der Waals surface area contributed by atoms with Gasteiger partial charge >= 0.3 is 6.09 Å². The maximum absolute atomic E-state index is 13.5. The van der Waals surface area contributed by atoms with Gasteiger partial charge < -0.3 is 24.4 Å². The average molecular weight is 644 g/mol. The molecule has 2 saturated carbocycles. The molecule has 2 fully saturated rings. The number of carbonyl (C=O) groups is 2. The third-order valence-corrected chi connectivity index (χ3v) is 10.7. The minimum atomic E-state index is -4.18. The Balaban J connectivity index is 1.39. The van der Waals surface area contributed by atoms with Gasteiger partial charge in [-0.1, -0.05) is 23.7 Å². The molecule has 0 unspecified atom stereocenters. The molecule has 44 heavy (non-hydrogen) atoms. The molecule has 3 atom stereocenters. The quantitative estimate of drug-likeness (QED) is 0.428. The summed E-state index contributed by atoms with van der Waals surface area (Å²) in [7, 11) is -2.65. The first-order chi connectivity index (χ1) is 21.2. The molecule has 4 aliphatic rings. The molecule has 236 valence electrons. The first kappa shape index (κ1) is 30.7. The van der Waals surface area contributed by atoms with E-state index in [-0.39, 0.29) is 23.3 Å². The van der Waals surface area contributed by atoms with Crippen molar-refractivity contribution in [1.82, 2.24) is 10.0 Å². The fourth-order valence-corrected chi connectivity index (χ4v) is 7.55. The van der Waals surface area contributed by atoms with E-state index in [0.29, 0.717) is 49.0 Å². The van der Waals surface area contributed by atoms with E-state index >= 15 is 0 Å². The van der Waals surface area contributed by atoms with Gasteiger partial charge in [0.05, 0.1) is 17.2 Å². The van der Waals surface area contributed by atoms with E-state index in [1.165, 1.54) is 13.1 Å². The fourth-order valence-electron chi connectivity index (χ4n) is 6.30. The molecule has 6 rings (SSSR count). The van der Waals surface area contributed by atoms with Crippen LogP contribution in [0, 0.1) is 11.8 Å². The highest BCUT2D eigenvalue weighted by Gasteiger charge is 2.52. The van der Waals surface area contributed by atoms with Crippen LogP contribution >= 0.6 is 11.6 Å². The van der Waals surface area contributed by atoms with Crippen molar-refractivity contribution in [1.29, 1.82) is 0 Å². The number of ether oxygens (including phenoxy) is 3. The zero-order valence-electron chi connectivity index (χ0n) is 24.7. The van der Waals surface area contributed by atoms with Crippen LogP contribution in [0.25, 0.3) is 0 Å². The smallest absolute Gasteiger partial charge is 0.407 e. The lowest BCUT2D eigenvalue weighted by atomic mass is 9.70. The molecule has 2 amide bonds. The van der Waals surface area contributed by atoms with Crippen molar-refractivity contribution in [3.63, 3.8) is 0 Å². The van der Waals surface area contributed by atoms with Gasteiger partial charge in [-0.2, -0.15) is 0 Å². The molecule has 1 spiro atoms. The minimum absolute atomic E-state index is 0.0194. The highest BCUT2D eigenvalue weighted by molar-refractivity contribution is 7.90. The summed E-state index contributed by atoms with van der Waals surface area (Å²) in [5, 5.41) is 3.22. The second-order valence-electron chi connectivity index (χ2n) is 12.0. The van der Waals surface area contributed by atoms with E-state index in [2.05, 4.69) is 14.9 Å². The van der Waals surface area contributed by atoms with Gasteiger partial charge in [0.1, 0.15) is 24.1 Å². The minimum Gasteiger partial charge on any atom is -0.487 e. The molecule has 2 heterocycles. The van der Waals surface area contributed by atoms with Gasteiger partial charge in [-0.25, -0.2) is 17.9 Å². The van der Waals surface area contributed by atoms with Gasteiger partial charge in [-0.15, -0.1) is 0 Å². The van der Waals surface area contributed by atoms with Crippen LogP contribution in [0.15, 0.2) is 53.4 Å². The number of nitrogens with one attached hydrogen (secondary N) is 2. The Morgan fingerprint density at radius 2 is 1.98 bits per heavy atom. The van der Waals surface area contributed by atoms with Gasteiger partial charge in [0.25, 0.3) is 15.9 Å². The highest BCUT2D eigenvalue weighted by Crippen LogP contribution is 2.43. The summed E-state index contributed by atoms with van der Waals surface area (Å²) in [4.78, 5) is 27.6. The Morgan fingerprint density at radius 1 is 1.14 bits per heavy atom. The largest absolute Gasteiger partial charge is 0.487 e. The van der Waals surface area contributed by atoms with Gasteiger partial charge in [0, 0.05) is 31.1 Å². The van der Waals surface area contributed by atoms with Crippen LogP contribution in [0.2, 0.25) is 5.02 Å². The molecule has 0 aromatic heterocycles. The fraction of sp³-hybridized carbons (Fsp3) is 0.500. The van der Waals surface area contributed by atoms with Crippen LogP contribution in [-0.4, -0.2) is 58.9 Å². The van der Waals surface area contributed by atoms with Crippen molar-refractivity contribution in [2.24, 2.45) is 11.8 Å². The van der Waals surface area contributed by atoms with Crippen LogP contribution in [0.4, 0.5) is 10.5 Å². The van der Waals surface area contributed by atoms with Gasteiger partial charge in [0.2, 0.25) is 0 Å². The molecule has 2 aromatic rings. The summed E-state index contributed by atoms with van der Waals surface area (Å²) < 4.78 is 47.3. The van der Waals surface area contributed by atoms with Crippen molar-refractivity contribution in [2.75, 3.05) is 31.6 Å². The van der Waals surface area contributed by atoms with Crippen molar-refractivity contribution >= 4 is 39.3 Å². The predicted molar refractivity (Wildman–Crippen MR) is 165 cm³/mol. The molecule has 2 aliphatic heterocycles. The highest BCUT2D eigenvalue weighted by atomic mass is 35.5. The molecule has 2 N–H and O–H groups in total. The van der Waals surface area contributed by atoms with Crippen molar-refractivity contribution in [3.8, 4) is 5.75 Å². The normalized spacial score (nSPS) is 26.7. The SMILES string of the molecule is CNC(=O)O[C@H]1/C=C/COC2(CC2)C(=O)NS(=O)(=O)c2ccc3c(c2)N(CCCCc2cc(Cl)ccc2CO3)C[C@@H]2CC[C@H]21. The van der Waals surface area contributed by atoms with Crippen LogP contribution in [0.3, 0.4) is 0 Å². The lowest BCUT2D eigenvalue weighted by Crippen LogP contribution is -2.45. The second-order valence-corrected chi connectivity index (χ2v) is 14.1. The summed E-state index contributed by atoms with van der Waals surface area (Å²) in [6.45, 7) is 1.68. The topological polar surface area (TPSA) is 123 Å². The summed E-state index contributed by atoms with van der Waals surface area (Å²) >= 11 is 6.31. The van der Waals surface area contributed by atoms with Gasteiger partial charge in [-0.3, -0.25) is 4.79 Å². The molecular weight excluding hydrogens is 606 g/mol. The van der Waals surface area contributed by atoms with Crippen LogP contribution in [-0.2, 0) is 37.3 Å². The van der Waals surface area contributed by atoms with Crippen molar-refractivity contribution in [2.45, 2.75) is 68.2 Å². The van der Waals surface area contributed by atoms with E-state index in [1.807, 2.05) is 24.3 Å². The number of aryl methyl sites for hydroxylation is 1. The summed E-state index contributed by atoms with van der Waals surface area (Å²) in [5.74, 6) is 0.118. The number of hydrogen-bond acceptors (Lipinski definition) is 8. The Kier molecular flexibility index (Phi) is 8.81. The zero-order valence-corrected chi connectivity index (χ0v) is 26.3. The number of halogens is 1. The Bertz CT molecular complexity index is 1560. The Labute approximate surface area is 263 Å². The van der Waals surface area contributed by atoms with Crippen LogP contribution in [0.1, 0.15) is 49.7 Å². The summed E-state index contributed by atoms with van der Waals surface area (Å²) in [5.41, 5.74) is 1.61. The number of benzene rings is 2. The number of anilines is 1. The third-order valence-electron chi connectivity index (χ3n) is 9.18. The molecule has 2 aromatic carbocycles. The van der Waals surface area contributed by atoms with Gasteiger partial charge in [-0.05, 0) is 98.4 Å². The van der Waals surface area contributed by atoms with Crippen LogP contribution < -0.4 is 19.7 Å². The summed E-state index contributed by atoms with van der Waals surface area (Å²) in [6.07, 6.45) is 7.87. The molecular formula is C32H38ClN3O7S. The number of carbonyl (C=O) groups excluding carboxylic acids is 2. The Morgan fingerprint density at radius 3 is 2.73 bits per heavy atom. The van der Waals surface area contributed by atoms with Crippen molar-refractivity contribution < 1.29 is 32.2 Å². The number of nitrogens with zero attached hydrogens (tertiary/aromatic N) is 1. The molecule has 10 nitrogen and oxygen atoms in total. The van der Waals surface area contributed by atoms with E-state index in [9.17, 15) is 18.0 Å². The van der Waals surface area contributed by atoms with E-state index in [1.54, 1.807) is 18.2 Å². The summed E-state index contributed by atoms with van der Waals surface area (Å²) in [6, 6.07) is 10.5. The third kappa shape index (κ3) is 6.55. The number of alkyl carbamates (subject to hydrolysis) is 1. The molecule has 2 bridgehead atoms. The monoisotopic (exact) mass is 643 g/mol. The standard InChI is InChI=1S/C32H38ClN3O7S/c1-34-31(38)43-28-6-4-16-42-32(13-14-32)30(37)35-44(39,40)25-10-12-29-27(18-25)36(19-22-8-11-26(22)28)15-3-2-5-21-17-24(33)9-7-23(21)20-41-29/h4,6-7,9-10,12,17-18,22,26,28H,2-3,5,8,11,13-16,19-20H2,1H3,(H,34,38)(H,35,37)/b6-4+/t22-,26+,28-/m0/s1. The van der Waals surface area contributed by atoms with Crippen LogP contribution in [0.5, 0.6) is 5.75 Å². The average Bonchev–Trinajstić information content (AvgIpc) is 3.78. The molecule has 0 radical (unpaired) electrons. The first-order valence-corrected chi connectivity index (χ1v) is 17.1. The number of hydrogen-bond donors (Lipinski definition) is 2. The maximum Gasteiger partial charge on any atom is 0.407 e. The molecule has 2 aliphatic carbocycles.